The molecule has 0 amide bonds. The average Bonchev–Trinajstić information content (AvgIpc) is 2.86. The maximum atomic E-state index is 11.7. The lowest BCUT2D eigenvalue weighted by Crippen LogP contribution is -2.34. The van der Waals surface area contributed by atoms with E-state index in [2.05, 4.69) is 18.3 Å². The van der Waals surface area contributed by atoms with Gasteiger partial charge in [-0.1, -0.05) is 6.92 Å². The van der Waals surface area contributed by atoms with E-state index in [-0.39, 0.29) is 11.4 Å². The summed E-state index contributed by atoms with van der Waals surface area (Å²) in [6.45, 7) is 0.460. The highest BCUT2D eigenvalue weighted by atomic mass is 32.1. The minimum absolute atomic E-state index is 0.108. The van der Waals surface area contributed by atoms with Gasteiger partial charge in [0.25, 0.3) is 21.2 Å². The van der Waals surface area contributed by atoms with Crippen LogP contribution in [0.4, 0.5) is 0 Å². The van der Waals surface area contributed by atoms with Crippen LogP contribution in [0.5, 0.6) is 0 Å². The van der Waals surface area contributed by atoms with Crippen LogP contribution in [0.2, 0.25) is 0 Å². The van der Waals surface area contributed by atoms with Gasteiger partial charge in [0.05, 0.1) is 13.2 Å². The van der Waals surface area contributed by atoms with Crippen LogP contribution in [0.15, 0.2) is 17.1 Å². The zero-order chi connectivity index (χ0) is 21.1. The van der Waals surface area contributed by atoms with Gasteiger partial charge >= 0.3 is 0 Å². The van der Waals surface area contributed by atoms with E-state index in [1.54, 1.807) is 6.92 Å². The molecule has 6 atom stereocenters. The van der Waals surface area contributed by atoms with Gasteiger partial charge < -0.3 is 33.8 Å². The summed E-state index contributed by atoms with van der Waals surface area (Å²) in [5.41, 5.74) is -0.494. The van der Waals surface area contributed by atoms with Crippen molar-refractivity contribution in [3.8, 4) is 0 Å². The molecule has 0 saturated carbocycles. The summed E-state index contributed by atoms with van der Waals surface area (Å²) in [6, 6.07) is 1.10. The van der Waals surface area contributed by atoms with Crippen molar-refractivity contribution in [3.05, 3.63) is 27.4 Å². The molecule has 1 saturated heterocycles. The molecule has 1 aliphatic rings. The zero-order valence-corrected chi connectivity index (χ0v) is 17.0. The number of aliphatic hydroxyl groups excluding tert-OH is 2. The lowest BCUT2D eigenvalue weighted by atomic mass is 10.1. The van der Waals surface area contributed by atoms with Crippen molar-refractivity contribution in [3.63, 3.8) is 0 Å². The number of aromatic amines is 1. The highest BCUT2D eigenvalue weighted by molar-refractivity contribution is 7.71. The quantitative estimate of drug-likeness (QED) is 0.298. The molecule has 2 rings (SSSR count). The van der Waals surface area contributed by atoms with E-state index in [1.807, 2.05) is 0 Å². The van der Waals surface area contributed by atoms with Crippen LogP contribution in [0, 0.1) is 4.77 Å². The van der Waals surface area contributed by atoms with Gasteiger partial charge in [0.2, 0.25) is 0 Å². The summed E-state index contributed by atoms with van der Waals surface area (Å²) in [4.78, 5) is 36.6. The van der Waals surface area contributed by atoms with Crippen LogP contribution in [-0.2, 0) is 27.2 Å². The smallest absolute Gasteiger partial charge is 0.274 e. The Balaban J connectivity index is 2.03. The molecule has 1 aromatic rings. The Kier molecular flexibility index (Phi) is 7.87. The Labute approximate surface area is 163 Å². The van der Waals surface area contributed by atoms with Crippen LogP contribution in [-0.4, -0.2) is 51.3 Å². The first-order valence-corrected chi connectivity index (χ1v) is 11.2. The van der Waals surface area contributed by atoms with Crippen molar-refractivity contribution in [2.45, 2.75) is 37.9 Å². The molecule has 0 aliphatic carbocycles. The summed E-state index contributed by atoms with van der Waals surface area (Å²) in [5.74, 6) is 0. The Morgan fingerprint density at radius 2 is 1.93 bits per heavy atom. The molecule has 0 aromatic carbocycles. The van der Waals surface area contributed by atoms with E-state index in [9.17, 15) is 33.9 Å². The first kappa shape index (κ1) is 23.5. The second kappa shape index (κ2) is 9.37. The molecule has 1 aliphatic heterocycles. The van der Waals surface area contributed by atoms with E-state index in [0.717, 1.165) is 10.6 Å². The Morgan fingerprint density at radius 1 is 1.29 bits per heavy atom. The molecule has 1 fully saturated rings. The number of hydrogen-bond acceptors (Lipinski definition) is 12. The second-order valence-corrected chi connectivity index (χ2v) is 9.01. The molecule has 1 aromatic heterocycles. The number of ether oxygens (including phenoxy) is 1. The lowest BCUT2D eigenvalue weighted by molar-refractivity contribution is -0.245. The third kappa shape index (κ3) is 6.12. The number of hydrogen-bond donors (Lipinski definition) is 3. The molecule has 16 heteroatoms. The highest BCUT2D eigenvalue weighted by Crippen LogP contribution is 2.55. The summed E-state index contributed by atoms with van der Waals surface area (Å²) in [5, 5.41) is 20.1. The van der Waals surface area contributed by atoms with Crippen LogP contribution in [0.1, 0.15) is 19.6 Å². The molecule has 28 heavy (non-hydrogen) atoms. The summed E-state index contributed by atoms with van der Waals surface area (Å²) < 4.78 is 42.0. The minimum Gasteiger partial charge on any atom is -0.756 e. The predicted molar refractivity (Wildman–Crippen MR) is 90.3 cm³/mol. The zero-order valence-electron chi connectivity index (χ0n) is 14.4. The summed E-state index contributed by atoms with van der Waals surface area (Å²) in [7, 11) is -10.5. The normalized spacial score (nSPS) is 29.3. The maximum Gasteiger partial charge on any atom is 0.274 e. The number of phosphoric acid groups is 2. The van der Waals surface area contributed by atoms with Crippen molar-refractivity contribution in [2.75, 3.05) is 13.2 Å². The van der Waals surface area contributed by atoms with Crippen LogP contribution >= 0.6 is 27.9 Å². The molecular formula is C12H18N2O11P2S-2. The Hall–Kier alpha value is -0.760. The topological polar surface area (TPSA) is 195 Å². The molecule has 2 heterocycles. The number of aromatic nitrogens is 2. The first-order valence-electron chi connectivity index (χ1n) is 7.91. The molecule has 3 N–H and O–H groups in total. The van der Waals surface area contributed by atoms with Gasteiger partial charge in [-0.05, 0) is 18.6 Å². The highest BCUT2D eigenvalue weighted by Gasteiger charge is 2.44. The van der Waals surface area contributed by atoms with E-state index >= 15 is 0 Å². The molecule has 0 bridgehead atoms. The van der Waals surface area contributed by atoms with Gasteiger partial charge in [-0.15, -0.1) is 0 Å². The number of aliphatic hydroxyl groups is 2. The van der Waals surface area contributed by atoms with Crippen LogP contribution in [0.25, 0.3) is 0 Å². The second-order valence-electron chi connectivity index (χ2n) is 5.67. The molecule has 160 valence electrons. The van der Waals surface area contributed by atoms with Crippen molar-refractivity contribution >= 4 is 27.9 Å². The van der Waals surface area contributed by atoms with Crippen LogP contribution in [0.3, 0.4) is 0 Å². The Bertz CT molecular complexity index is 889. The summed E-state index contributed by atoms with van der Waals surface area (Å²) >= 11 is 4.93. The monoisotopic (exact) mass is 460 g/mol. The number of rotatable bonds is 9. The van der Waals surface area contributed by atoms with Crippen molar-refractivity contribution in [1.29, 1.82) is 0 Å². The first-order chi connectivity index (χ1) is 13.0. The Morgan fingerprint density at radius 3 is 2.54 bits per heavy atom. The van der Waals surface area contributed by atoms with Crippen LogP contribution < -0.4 is 15.3 Å². The number of nitrogens with zero attached hydrogens (tertiary/aromatic N) is 1. The van der Waals surface area contributed by atoms with E-state index in [0.29, 0.717) is 6.42 Å². The lowest BCUT2D eigenvalue weighted by Gasteiger charge is -2.31. The van der Waals surface area contributed by atoms with Gasteiger partial charge in [-0.3, -0.25) is 23.5 Å². The average molecular weight is 460 g/mol. The van der Waals surface area contributed by atoms with E-state index in [4.69, 9.17) is 17.0 Å². The van der Waals surface area contributed by atoms with Gasteiger partial charge in [-0.2, -0.15) is 0 Å². The molecule has 2 unspecified atom stereocenters. The fourth-order valence-electron chi connectivity index (χ4n) is 2.26. The largest absolute Gasteiger partial charge is 0.756 e. The predicted octanol–water partition coefficient (Wildman–Crippen LogP) is -1.08. The molecular weight excluding hydrogens is 442 g/mol. The van der Waals surface area contributed by atoms with E-state index < -0.39 is 52.4 Å². The third-order valence-electron chi connectivity index (χ3n) is 3.51. The van der Waals surface area contributed by atoms with Gasteiger partial charge in [0.1, 0.15) is 18.3 Å². The number of phosphoric ester groups is 2. The number of nitrogens with one attached hydrogen (secondary N) is 1. The van der Waals surface area contributed by atoms with Crippen molar-refractivity contribution in [1.82, 2.24) is 9.55 Å². The SMILES string of the molecule is CCCOP(=O)([O-])OP(=O)([O-])OC[C@H]1O[C@@H](n2ccc(=O)[nH]c2=S)[C@H](O)[C@@H]1O. The fourth-order valence-corrected chi connectivity index (χ4v) is 4.62. The maximum absolute atomic E-state index is 11.7. The fraction of sp³-hybridized carbons (Fsp3) is 0.667. The third-order valence-corrected chi connectivity index (χ3v) is 6.39. The summed E-state index contributed by atoms with van der Waals surface area (Å²) in [6.07, 6.45) is -4.26. The molecule has 0 radical (unpaired) electrons. The van der Waals surface area contributed by atoms with Crippen molar-refractivity contribution < 1.29 is 47.2 Å². The minimum atomic E-state index is -5.36. The van der Waals surface area contributed by atoms with Gasteiger partial charge in [-0.25, -0.2) is 4.31 Å². The molecule has 0 spiro atoms. The standard InChI is InChI=1S/C12H20N2O11P2S/c1-2-5-22-26(18,19)25-27(20,21)23-6-7-9(16)10(17)11(24-7)14-4-3-8(15)13-12(14)28/h3-4,7,9-11,16-17H,2,5-6H2,1H3,(H,18,19)(H,20,21)(H,13,15,28)/p-2/t7-,9-,10-,11-/m1/s1. The van der Waals surface area contributed by atoms with E-state index in [1.165, 1.54) is 6.20 Å². The van der Waals surface area contributed by atoms with Crippen molar-refractivity contribution in [2.24, 2.45) is 0 Å². The van der Waals surface area contributed by atoms with Gasteiger partial charge in [0.15, 0.2) is 11.0 Å². The molecule has 13 nitrogen and oxygen atoms in total. The number of H-pyrrole nitrogens is 1. The van der Waals surface area contributed by atoms with Gasteiger partial charge in [0, 0.05) is 12.3 Å².